The second-order valence-electron chi connectivity index (χ2n) is 3.53. The predicted molar refractivity (Wildman–Crippen MR) is 48.1 cm³/mol. The fraction of sp³-hybridized carbons (Fsp3) is 1.00. The molecule has 2 fully saturated rings. The number of nitrogens with zero attached hydrogens (tertiary/aromatic N) is 1. The summed E-state index contributed by atoms with van der Waals surface area (Å²) in [5, 5.41) is 0. The molecule has 0 unspecified atom stereocenters. The quantitative estimate of drug-likeness (QED) is 0.690. The lowest BCUT2D eigenvalue weighted by Crippen LogP contribution is -2.23. The fourth-order valence-corrected chi connectivity index (χ4v) is 2.78. The van der Waals surface area contributed by atoms with Crippen LogP contribution in [0.1, 0.15) is 12.8 Å². The SMILES string of the molecule is IOCC12CCN(CC1)C2. The van der Waals surface area contributed by atoms with E-state index in [-0.39, 0.29) is 0 Å². The van der Waals surface area contributed by atoms with Crippen molar-refractivity contribution in [3.8, 4) is 0 Å². The first-order valence-corrected chi connectivity index (χ1v) is 4.69. The van der Waals surface area contributed by atoms with Gasteiger partial charge in [0.25, 0.3) is 0 Å². The molecule has 0 aromatic carbocycles. The first-order valence-electron chi connectivity index (χ1n) is 3.81. The van der Waals surface area contributed by atoms with Crippen LogP contribution in [0, 0.1) is 5.41 Å². The third-order valence-corrected chi connectivity index (χ3v) is 3.15. The van der Waals surface area contributed by atoms with E-state index in [0.29, 0.717) is 5.41 Å². The van der Waals surface area contributed by atoms with E-state index in [9.17, 15) is 0 Å². The molecule has 0 N–H and O–H groups in total. The number of fused-ring (bicyclic) bond motifs is 2. The minimum atomic E-state index is 0.557. The summed E-state index contributed by atoms with van der Waals surface area (Å²) >= 11 is 2.01. The van der Waals surface area contributed by atoms with E-state index in [2.05, 4.69) is 4.90 Å². The maximum atomic E-state index is 5.19. The average Bonchev–Trinajstić information content (AvgIpc) is 2.46. The van der Waals surface area contributed by atoms with Gasteiger partial charge in [0.05, 0.1) is 6.61 Å². The van der Waals surface area contributed by atoms with Crippen LogP contribution in [0.4, 0.5) is 0 Å². The highest BCUT2D eigenvalue weighted by Gasteiger charge is 2.43. The van der Waals surface area contributed by atoms with Gasteiger partial charge in [-0.1, -0.05) is 0 Å². The Morgan fingerprint density at radius 2 is 2.10 bits per heavy atom. The van der Waals surface area contributed by atoms with Crippen LogP contribution in [0.25, 0.3) is 0 Å². The topological polar surface area (TPSA) is 12.5 Å². The van der Waals surface area contributed by atoms with Gasteiger partial charge < -0.3 is 7.97 Å². The van der Waals surface area contributed by atoms with E-state index in [1.807, 2.05) is 23.0 Å². The summed E-state index contributed by atoms with van der Waals surface area (Å²) < 4.78 is 5.19. The number of hydrogen-bond acceptors (Lipinski definition) is 2. The lowest BCUT2D eigenvalue weighted by atomic mass is 9.86. The van der Waals surface area contributed by atoms with Gasteiger partial charge in [-0.15, -0.1) is 0 Å². The number of rotatable bonds is 2. The molecule has 2 nitrogen and oxygen atoms in total. The van der Waals surface area contributed by atoms with Gasteiger partial charge in [-0.2, -0.15) is 0 Å². The lowest BCUT2D eigenvalue weighted by molar-refractivity contribution is 0.212. The van der Waals surface area contributed by atoms with E-state index in [1.54, 1.807) is 0 Å². The Balaban J connectivity index is 2.01. The van der Waals surface area contributed by atoms with Gasteiger partial charge in [0, 0.05) is 12.0 Å². The molecule has 3 heteroatoms. The summed E-state index contributed by atoms with van der Waals surface area (Å²) in [4.78, 5) is 2.54. The van der Waals surface area contributed by atoms with Crippen LogP contribution < -0.4 is 0 Å². The lowest BCUT2D eigenvalue weighted by Gasteiger charge is -2.22. The maximum Gasteiger partial charge on any atom is 0.109 e. The van der Waals surface area contributed by atoms with Gasteiger partial charge in [0.2, 0.25) is 0 Å². The maximum absolute atomic E-state index is 5.19. The molecule has 2 bridgehead atoms. The van der Waals surface area contributed by atoms with Gasteiger partial charge in [-0.05, 0) is 25.9 Å². The second-order valence-corrected chi connectivity index (χ2v) is 4.15. The Morgan fingerprint density at radius 1 is 1.40 bits per heavy atom. The molecule has 0 aromatic heterocycles. The van der Waals surface area contributed by atoms with Crippen LogP contribution in [-0.2, 0) is 3.07 Å². The Bertz CT molecular complexity index is 132. The van der Waals surface area contributed by atoms with Crippen LogP contribution in [0.2, 0.25) is 0 Å². The Hall–Kier alpha value is 0.650. The molecular weight excluding hydrogens is 241 g/mol. The molecule has 2 aliphatic heterocycles. The molecule has 0 aromatic rings. The minimum Gasteiger partial charge on any atom is -0.315 e. The molecular formula is C7H12INO. The van der Waals surface area contributed by atoms with Gasteiger partial charge in [0.1, 0.15) is 23.0 Å². The summed E-state index contributed by atoms with van der Waals surface area (Å²) in [7, 11) is 0. The Morgan fingerprint density at radius 3 is 2.50 bits per heavy atom. The zero-order valence-electron chi connectivity index (χ0n) is 5.98. The van der Waals surface area contributed by atoms with E-state index in [4.69, 9.17) is 3.07 Å². The van der Waals surface area contributed by atoms with Crippen molar-refractivity contribution in [2.75, 3.05) is 26.2 Å². The number of halogens is 1. The smallest absolute Gasteiger partial charge is 0.109 e. The minimum absolute atomic E-state index is 0.557. The molecule has 10 heavy (non-hydrogen) atoms. The standard InChI is InChI=1S/C7H12INO/c8-10-6-7-1-3-9(5-7)4-2-7/h1-6H2. The summed E-state index contributed by atoms with van der Waals surface area (Å²) in [6, 6.07) is 0. The molecule has 0 atom stereocenters. The van der Waals surface area contributed by atoms with E-state index < -0.39 is 0 Å². The van der Waals surface area contributed by atoms with Crippen LogP contribution in [-0.4, -0.2) is 31.1 Å². The molecule has 0 aliphatic carbocycles. The Kier molecular flexibility index (Phi) is 1.90. The molecule has 0 radical (unpaired) electrons. The highest BCUT2D eigenvalue weighted by molar-refractivity contribution is 14.1. The third-order valence-electron chi connectivity index (χ3n) is 2.84. The molecule has 0 saturated carbocycles. The normalized spacial score (nSPS) is 44.7. The van der Waals surface area contributed by atoms with Crippen molar-refractivity contribution in [2.45, 2.75) is 12.8 Å². The Labute approximate surface area is 75.6 Å². The molecule has 58 valence electrons. The van der Waals surface area contributed by atoms with Gasteiger partial charge >= 0.3 is 0 Å². The molecule has 2 heterocycles. The summed E-state index contributed by atoms with van der Waals surface area (Å²) in [5.41, 5.74) is 0.557. The molecule has 0 spiro atoms. The number of hydrogen-bond donors (Lipinski definition) is 0. The van der Waals surface area contributed by atoms with Crippen LogP contribution >= 0.6 is 23.0 Å². The van der Waals surface area contributed by atoms with Crippen LogP contribution in [0.3, 0.4) is 0 Å². The summed E-state index contributed by atoms with van der Waals surface area (Å²) in [6.07, 6.45) is 2.71. The first-order chi connectivity index (χ1) is 4.85. The third kappa shape index (κ3) is 1.08. The highest BCUT2D eigenvalue weighted by Crippen LogP contribution is 2.40. The van der Waals surface area contributed by atoms with Crippen molar-refractivity contribution < 1.29 is 3.07 Å². The largest absolute Gasteiger partial charge is 0.315 e. The van der Waals surface area contributed by atoms with Crippen molar-refractivity contribution >= 4 is 23.0 Å². The highest BCUT2D eigenvalue weighted by atomic mass is 127. The fourth-order valence-electron chi connectivity index (χ4n) is 2.12. The van der Waals surface area contributed by atoms with Crippen molar-refractivity contribution in [3.63, 3.8) is 0 Å². The number of piperidine rings is 1. The molecule has 0 amide bonds. The van der Waals surface area contributed by atoms with Gasteiger partial charge in [0.15, 0.2) is 0 Å². The molecule has 2 saturated heterocycles. The van der Waals surface area contributed by atoms with Crippen molar-refractivity contribution in [1.82, 2.24) is 4.90 Å². The molecule has 2 rings (SSSR count). The average molecular weight is 253 g/mol. The monoisotopic (exact) mass is 253 g/mol. The summed E-state index contributed by atoms with van der Waals surface area (Å²) in [5.74, 6) is 0. The van der Waals surface area contributed by atoms with Crippen molar-refractivity contribution in [3.05, 3.63) is 0 Å². The van der Waals surface area contributed by atoms with Crippen LogP contribution in [0.5, 0.6) is 0 Å². The molecule has 2 aliphatic rings. The van der Waals surface area contributed by atoms with Crippen molar-refractivity contribution in [1.29, 1.82) is 0 Å². The van der Waals surface area contributed by atoms with Gasteiger partial charge in [-0.25, -0.2) is 0 Å². The first kappa shape index (κ1) is 7.31. The predicted octanol–water partition coefficient (Wildman–Crippen LogP) is 1.45. The zero-order chi connectivity index (χ0) is 7.03. The van der Waals surface area contributed by atoms with E-state index in [0.717, 1.165) is 6.61 Å². The second kappa shape index (κ2) is 2.60. The van der Waals surface area contributed by atoms with E-state index >= 15 is 0 Å². The van der Waals surface area contributed by atoms with Gasteiger partial charge in [-0.3, -0.25) is 0 Å². The van der Waals surface area contributed by atoms with E-state index in [1.165, 1.54) is 32.5 Å². The van der Waals surface area contributed by atoms with Crippen LogP contribution in [0.15, 0.2) is 0 Å². The zero-order valence-corrected chi connectivity index (χ0v) is 8.13. The summed E-state index contributed by atoms with van der Waals surface area (Å²) in [6.45, 7) is 4.86. The van der Waals surface area contributed by atoms with Crippen molar-refractivity contribution in [2.24, 2.45) is 5.41 Å².